The summed E-state index contributed by atoms with van der Waals surface area (Å²) in [6.07, 6.45) is 6.40. The van der Waals surface area contributed by atoms with Gasteiger partial charge < -0.3 is 14.7 Å². The number of carbonyl (C=O) groups excluding carboxylic acids is 1. The maximum absolute atomic E-state index is 12.3. The molecule has 3 rings (SSSR count). The first kappa shape index (κ1) is 21.3. The summed E-state index contributed by atoms with van der Waals surface area (Å²) in [4.78, 5) is 22.5. The normalized spacial score (nSPS) is 16.7. The molecule has 1 aliphatic heterocycles. The molecule has 1 unspecified atom stereocenters. The molecule has 9 heteroatoms. The molecule has 1 N–H and O–H groups in total. The van der Waals surface area contributed by atoms with Crippen molar-refractivity contribution in [2.75, 3.05) is 20.1 Å². The number of piperidine rings is 1. The minimum Gasteiger partial charge on any atom is -0.341 e. The molecule has 7 nitrogen and oxygen atoms in total. The summed E-state index contributed by atoms with van der Waals surface area (Å²) >= 11 is 0. The Balaban J connectivity index is 0.00000156. The van der Waals surface area contributed by atoms with Crippen LogP contribution in [0.2, 0.25) is 0 Å². The van der Waals surface area contributed by atoms with Crippen LogP contribution in [0.1, 0.15) is 25.2 Å². The van der Waals surface area contributed by atoms with Gasteiger partial charge in [0.25, 0.3) is 0 Å². The number of likely N-dealkylation sites (tertiary alicyclic amines) is 1. The van der Waals surface area contributed by atoms with Crippen LogP contribution in [0.5, 0.6) is 0 Å². The van der Waals surface area contributed by atoms with Gasteiger partial charge in [-0.1, -0.05) is 5.16 Å². The van der Waals surface area contributed by atoms with Gasteiger partial charge in [0.15, 0.2) is 0 Å². The van der Waals surface area contributed by atoms with Crippen molar-refractivity contribution < 1.29 is 9.32 Å². The lowest BCUT2D eigenvalue weighted by Gasteiger charge is -2.32. The molecule has 1 saturated heterocycles. The highest BCUT2D eigenvalue weighted by molar-refractivity contribution is 5.85. The van der Waals surface area contributed by atoms with Gasteiger partial charge in [0.05, 0.1) is 0 Å². The zero-order chi connectivity index (χ0) is 16.1. The number of aryl methyl sites for hydroxylation is 1. The van der Waals surface area contributed by atoms with Crippen molar-refractivity contribution in [1.82, 2.24) is 25.3 Å². The number of hydrogen-bond acceptors (Lipinski definition) is 6. The van der Waals surface area contributed by atoms with Crippen molar-refractivity contribution in [1.29, 1.82) is 0 Å². The molecule has 0 saturated carbocycles. The van der Waals surface area contributed by atoms with Crippen LogP contribution in [-0.4, -0.2) is 52.1 Å². The lowest BCUT2D eigenvalue weighted by Crippen LogP contribution is -2.47. The van der Waals surface area contributed by atoms with Crippen LogP contribution in [0.15, 0.2) is 29.0 Å². The lowest BCUT2D eigenvalue weighted by atomic mass is 10.1. The fourth-order valence-electron chi connectivity index (χ4n) is 2.79. The van der Waals surface area contributed by atoms with E-state index in [1.165, 1.54) is 0 Å². The predicted octanol–water partition coefficient (Wildman–Crippen LogP) is 2.12. The maximum atomic E-state index is 12.3. The molecule has 0 aromatic carbocycles. The molecule has 2 aromatic rings. The smallest absolute Gasteiger partial charge is 0.227 e. The van der Waals surface area contributed by atoms with Crippen molar-refractivity contribution in [3.8, 4) is 11.4 Å². The molecule has 0 radical (unpaired) electrons. The number of nitrogens with zero attached hydrogens (tertiary/aromatic N) is 4. The highest BCUT2D eigenvalue weighted by Crippen LogP contribution is 2.16. The van der Waals surface area contributed by atoms with Crippen molar-refractivity contribution in [3.63, 3.8) is 0 Å². The standard InChI is InChI=1S/C16H21N5O2.2ClH/c1-17-13-3-2-10-21(11-13)15(22)5-4-14-19-16(20-23-14)12-6-8-18-9-7-12;;/h6-9,13,17H,2-5,10-11H2,1H3;2*1H. The number of carbonyl (C=O) groups is 1. The zero-order valence-corrected chi connectivity index (χ0v) is 15.7. The monoisotopic (exact) mass is 387 g/mol. The lowest BCUT2D eigenvalue weighted by molar-refractivity contribution is -0.132. The van der Waals surface area contributed by atoms with Crippen LogP contribution < -0.4 is 5.32 Å². The molecule has 0 spiro atoms. The summed E-state index contributed by atoms with van der Waals surface area (Å²) in [5.74, 6) is 1.17. The number of amides is 1. The molecular formula is C16H23Cl2N5O2. The van der Waals surface area contributed by atoms with E-state index in [1.807, 2.05) is 24.1 Å². The number of pyridine rings is 1. The van der Waals surface area contributed by atoms with E-state index < -0.39 is 0 Å². The first-order valence-electron chi connectivity index (χ1n) is 7.94. The van der Waals surface area contributed by atoms with Gasteiger partial charge >= 0.3 is 0 Å². The van der Waals surface area contributed by atoms with Crippen molar-refractivity contribution in [3.05, 3.63) is 30.4 Å². The summed E-state index contributed by atoms with van der Waals surface area (Å²) in [7, 11) is 1.94. The van der Waals surface area contributed by atoms with E-state index in [9.17, 15) is 4.79 Å². The number of aromatic nitrogens is 3. The largest absolute Gasteiger partial charge is 0.341 e. The quantitative estimate of drug-likeness (QED) is 0.845. The second kappa shape index (κ2) is 10.3. The summed E-state index contributed by atoms with van der Waals surface area (Å²) in [5, 5.41) is 7.20. The summed E-state index contributed by atoms with van der Waals surface area (Å²) in [6.45, 7) is 1.62. The van der Waals surface area contributed by atoms with E-state index in [4.69, 9.17) is 4.52 Å². The third-order valence-corrected chi connectivity index (χ3v) is 4.14. The fourth-order valence-corrected chi connectivity index (χ4v) is 2.79. The molecule has 2 aromatic heterocycles. The average molecular weight is 388 g/mol. The molecule has 1 fully saturated rings. The number of nitrogens with one attached hydrogen (secondary N) is 1. The Morgan fingerprint density at radius 2 is 2.12 bits per heavy atom. The second-order valence-electron chi connectivity index (χ2n) is 5.72. The highest BCUT2D eigenvalue weighted by Gasteiger charge is 2.22. The van der Waals surface area contributed by atoms with Crippen LogP contribution in [0, 0.1) is 0 Å². The van der Waals surface area contributed by atoms with E-state index in [-0.39, 0.29) is 30.7 Å². The number of hydrogen-bond donors (Lipinski definition) is 1. The second-order valence-corrected chi connectivity index (χ2v) is 5.72. The maximum Gasteiger partial charge on any atom is 0.227 e. The molecule has 0 aliphatic carbocycles. The number of halogens is 2. The van der Waals surface area contributed by atoms with Crippen LogP contribution in [-0.2, 0) is 11.2 Å². The van der Waals surface area contributed by atoms with Gasteiger partial charge in [0.2, 0.25) is 17.6 Å². The van der Waals surface area contributed by atoms with E-state index in [0.717, 1.165) is 31.5 Å². The number of likely N-dealkylation sites (N-methyl/N-ethyl adjacent to an activating group) is 1. The van der Waals surface area contributed by atoms with E-state index in [0.29, 0.717) is 30.6 Å². The molecule has 1 aliphatic rings. The van der Waals surface area contributed by atoms with Gasteiger partial charge in [0, 0.05) is 49.9 Å². The highest BCUT2D eigenvalue weighted by atomic mass is 35.5. The molecule has 0 bridgehead atoms. The van der Waals surface area contributed by atoms with E-state index in [1.54, 1.807) is 12.4 Å². The van der Waals surface area contributed by atoms with Crippen LogP contribution in [0.3, 0.4) is 0 Å². The molecule has 25 heavy (non-hydrogen) atoms. The average Bonchev–Trinajstić information content (AvgIpc) is 3.09. The first-order valence-corrected chi connectivity index (χ1v) is 7.94. The fraction of sp³-hybridized carbons (Fsp3) is 0.500. The molecule has 138 valence electrons. The molecule has 1 atom stereocenters. The topological polar surface area (TPSA) is 84.2 Å². The molecule has 1 amide bonds. The van der Waals surface area contributed by atoms with Crippen molar-refractivity contribution in [2.24, 2.45) is 0 Å². The minimum absolute atomic E-state index is 0. The van der Waals surface area contributed by atoms with Gasteiger partial charge in [-0.2, -0.15) is 4.98 Å². The molecular weight excluding hydrogens is 365 g/mol. The third kappa shape index (κ3) is 5.66. The summed E-state index contributed by atoms with van der Waals surface area (Å²) in [6, 6.07) is 4.05. The SMILES string of the molecule is CNC1CCCN(C(=O)CCc2nc(-c3ccncc3)no2)C1.Cl.Cl. The zero-order valence-electron chi connectivity index (χ0n) is 14.1. The van der Waals surface area contributed by atoms with Crippen molar-refractivity contribution in [2.45, 2.75) is 31.7 Å². The third-order valence-electron chi connectivity index (χ3n) is 4.14. The van der Waals surface area contributed by atoms with Crippen molar-refractivity contribution >= 4 is 30.7 Å². The van der Waals surface area contributed by atoms with Crippen LogP contribution in [0.4, 0.5) is 0 Å². The van der Waals surface area contributed by atoms with Crippen LogP contribution >= 0.6 is 24.8 Å². The Hall–Kier alpha value is -1.70. The minimum atomic E-state index is 0. The van der Waals surface area contributed by atoms with Gasteiger partial charge in [0.1, 0.15) is 0 Å². The Kier molecular flexibility index (Phi) is 8.82. The van der Waals surface area contributed by atoms with Gasteiger partial charge in [-0.3, -0.25) is 9.78 Å². The van der Waals surface area contributed by atoms with Gasteiger partial charge in [-0.25, -0.2) is 0 Å². The summed E-state index contributed by atoms with van der Waals surface area (Å²) in [5.41, 5.74) is 0.856. The van der Waals surface area contributed by atoms with E-state index >= 15 is 0 Å². The molecule has 3 heterocycles. The first-order chi connectivity index (χ1) is 11.3. The Bertz CT molecular complexity index is 653. The van der Waals surface area contributed by atoms with Gasteiger partial charge in [-0.05, 0) is 32.0 Å². The predicted molar refractivity (Wildman–Crippen MR) is 99.0 cm³/mol. The van der Waals surface area contributed by atoms with Gasteiger partial charge in [-0.15, -0.1) is 24.8 Å². The summed E-state index contributed by atoms with van der Waals surface area (Å²) < 4.78 is 5.23. The number of rotatable bonds is 5. The van der Waals surface area contributed by atoms with E-state index in [2.05, 4.69) is 20.4 Å². The Morgan fingerprint density at radius 3 is 2.84 bits per heavy atom. The van der Waals surface area contributed by atoms with Crippen LogP contribution in [0.25, 0.3) is 11.4 Å². The Labute approximate surface area is 159 Å². The Morgan fingerprint density at radius 1 is 1.36 bits per heavy atom.